The maximum absolute atomic E-state index is 5.57. The van der Waals surface area contributed by atoms with Crippen molar-refractivity contribution in [3.05, 3.63) is 35.7 Å². The van der Waals surface area contributed by atoms with Crippen LogP contribution >= 0.6 is 0 Å². The Morgan fingerprint density at radius 1 is 1.07 bits per heavy atom. The van der Waals surface area contributed by atoms with E-state index in [2.05, 4.69) is 30.1 Å². The van der Waals surface area contributed by atoms with E-state index in [4.69, 9.17) is 4.42 Å². The molecule has 0 saturated heterocycles. The summed E-state index contributed by atoms with van der Waals surface area (Å²) < 4.78 is 5.57. The van der Waals surface area contributed by atoms with E-state index in [1.807, 2.05) is 13.0 Å². The van der Waals surface area contributed by atoms with Gasteiger partial charge in [0.2, 0.25) is 0 Å². The van der Waals surface area contributed by atoms with E-state index in [1.54, 1.807) is 0 Å². The lowest BCUT2D eigenvalue weighted by atomic mass is 10.1. The minimum atomic E-state index is 0.964. The maximum Gasteiger partial charge on any atom is 0.135 e. The number of hydrogen-bond acceptors (Lipinski definition) is 1. The van der Waals surface area contributed by atoms with E-state index in [9.17, 15) is 0 Å². The highest BCUT2D eigenvalue weighted by Crippen LogP contribution is 2.28. The van der Waals surface area contributed by atoms with E-state index in [1.165, 1.54) is 22.0 Å². The van der Waals surface area contributed by atoms with Gasteiger partial charge in [0, 0.05) is 22.0 Å². The van der Waals surface area contributed by atoms with Gasteiger partial charge in [-0.2, -0.15) is 0 Å². The highest BCUT2D eigenvalue weighted by Gasteiger charge is 2.06. The number of rotatable bonds is 0. The first-order chi connectivity index (χ1) is 6.74. The molecule has 0 aliphatic carbocycles. The normalized spacial score (nSPS) is 11.6. The number of nitrogens with one attached hydrogen (secondary N) is 1. The minimum absolute atomic E-state index is 0.964. The molecule has 2 heterocycles. The summed E-state index contributed by atoms with van der Waals surface area (Å²) in [7, 11) is 0. The van der Waals surface area contributed by atoms with Crippen LogP contribution in [0.4, 0.5) is 0 Å². The fraction of sp³-hybridized carbons (Fsp3) is 0.167. The first-order valence-electron chi connectivity index (χ1n) is 4.72. The molecule has 0 amide bonds. The number of hydrogen-bond donors (Lipinski definition) is 1. The van der Waals surface area contributed by atoms with Crippen LogP contribution in [0.5, 0.6) is 0 Å². The van der Waals surface area contributed by atoms with Crippen molar-refractivity contribution in [3.8, 4) is 0 Å². The summed E-state index contributed by atoms with van der Waals surface area (Å²) in [4.78, 5) is 3.32. The molecule has 0 saturated carbocycles. The number of fused-ring (bicyclic) bond motifs is 3. The number of aryl methyl sites for hydroxylation is 2. The fourth-order valence-corrected chi connectivity index (χ4v) is 1.99. The third kappa shape index (κ3) is 0.909. The van der Waals surface area contributed by atoms with Gasteiger partial charge < -0.3 is 9.40 Å². The highest BCUT2D eigenvalue weighted by atomic mass is 16.3. The number of aromatic amines is 1. The Bertz CT molecular complexity index is 560. The van der Waals surface area contributed by atoms with Crippen molar-refractivity contribution in [3.63, 3.8) is 0 Å². The largest absolute Gasteiger partial charge is 0.461 e. The highest BCUT2D eigenvalue weighted by molar-refractivity contribution is 6.05. The van der Waals surface area contributed by atoms with Gasteiger partial charge in [-0.25, -0.2) is 0 Å². The number of aromatic nitrogens is 1. The topological polar surface area (TPSA) is 28.9 Å². The lowest BCUT2D eigenvalue weighted by Gasteiger charge is -1.89. The molecular formula is C12H11NO. The van der Waals surface area contributed by atoms with Crippen LogP contribution in [0.1, 0.15) is 11.5 Å². The molecule has 14 heavy (non-hydrogen) atoms. The smallest absolute Gasteiger partial charge is 0.135 e. The Morgan fingerprint density at radius 2 is 1.93 bits per heavy atom. The third-order valence-electron chi connectivity index (χ3n) is 2.56. The van der Waals surface area contributed by atoms with Crippen LogP contribution in [0.15, 0.2) is 28.7 Å². The van der Waals surface area contributed by atoms with Gasteiger partial charge in [0.15, 0.2) is 0 Å². The second-order valence-electron chi connectivity index (χ2n) is 3.75. The van der Waals surface area contributed by atoms with Gasteiger partial charge in [0.25, 0.3) is 0 Å². The predicted molar refractivity (Wildman–Crippen MR) is 57.5 cm³/mol. The zero-order valence-electron chi connectivity index (χ0n) is 8.22. The Labute approximate surface area is 81.5 Å². The summed E-state index contributed by atoms with van der Waals surface area (Å²) in [5.74, 6) is 0.964. The minimum Gasteiger partial charge on any atom is -0.461 e. The van der Waals surface area contributed by atoms with Crippen molar-refractivity contribution in [1.82, 2.24) is 4.98 Å². The summed E-state index contributed by atoms with van der Waals surface area (Å²) in [6.45, 7) is 4.05. The van der Waals surface area contributed by atoms with Crippen LogP contribution < -0.4 is 0 Å². The third-order valence-corrected chi connectivity index (χ3v) is 2.56. The summed E-state index contributed by atoms with van der Waals surface area (Å²) >= 11 is 0. The van der Waals surface area contributed by atoms with Gasteiger partial charge in [0.1, 0.15) is 11.3 Å². The zero-order chi connectivity index (χ0) is 9.71. The van der Waals surface area contributed by atoms with Crippen molar-refractivity contribution in [1.29, 1.82) is 0 Å². The van der Waals surface area contributed by atoms with Gasteiger partial charge in [0.05, 0.1) is 0 Å². The Balaban J connectivity index is 2.58. The average Bonchev–Trinajstić information content (AvgIpc) is 2.65. The monoisotopic (exact) mass is 185 g/mol. The van der Waals surface area contributed by atoms with Crippen LogP contribution in [-0.4, -0.2) is 4.98 Å². The lowest BCUT2D eigenvalue weighted by molar-refractivity contribution is 0.579. The molecule has 3 rings (SSSR count). The summed E-state index contributed by atoms with van der Waals surface area (Å²) in [6, 6.07) is 8.33. The molecule has 2 aromatic heterocycles. The zero-order valence-corrected chi connectivity index (χ0v) is 8.22. The molecule has 0 aliphatic rings. The Morgan fingerprint density at radius 3 is 2.79 bits per heavy atom. The Hall–Kier alpha value is -1.70. The van der Waals surface area contributed by atoms with E-state index in [-0.39, 0.29) is 0 Å². The molecule has 0 spiro atoms. The van der Waals surface area contributed by atoms with Crippen LogP contribution in [-0.2, 0) is 0 Å². The lowest BCUT2D eigenvalue weighted by Crippen LogP contribution is -1.68. The van der Waals surface area contributed by atoms with Gasteiger partial charge in [-0.3, -0.25) is 0 Å². The molecule has 0 aliphatic heterocycles. The number of H-pyrrole nitrogens is 1. The summed E-state index contributed by atoms with van der Waals surface area (Å²) in [5, 5.41) is 2.45. The van der Waals surface area contributed by atoms with Gasteiger partial charge in [-0.05, 0) is 38.1 Å². The van der Waals surface area contributed by atoms with Gasteiger partial charge in [-0.15, -0.1) is 0 Å². The SMILES string of the molecule is Cc1cc2c(ccc3oc(C)cc32)[nH]1. The van der Waals surface area contributed by atoms with Crippen LogP contribution in [0.3, 0.4) is 0 Å². The van der Waals surface area contributed by atoms with Crippen molar-refractivity contribution >= 4 is 21.9 Å². The summed E-state index contributed by atoms with van der Waals surface area (Å²) in [5.41, 5.74) is 3.33. The molecule has 2 heteroatoms. The first-order valence-corrected chi connectivity index (χ1v) is 4.72. The van der Waals surface area contributed by atoms with E-state index < -0.39 is 0 Å². The molecule has 2 nitrogen and oxygen atoms in total. The standard InChI is InChI=1S/C12H11NO/c1-7-5-9-10-6-8(2)14-12(10)4-3-11(9)13-7/h3-6,13H,1-2H3. The van der Waals surface area contributed by atoms with Gasteiger partial charge in [-0.1, -0.05) is 0 Å². The average molecular weight is 185 g/mol. The predicted octanol–water partition coefficient (Wildman–Crippen LogP) is 3.53. The van der Waals surface area contributed by atoms with Crippen LogP contribution in [0.25, 0.3) is 21.9 Å². The molecule has 0 atom stereocenters. The second kappa shape index (κ2) is 2.41. The maximum atomic E-state index is 5.57. The molecule has 1 aromatic carbocycles. The fourth-order valence-electron chi connectivity index (χ4n) is 1.99. The molecule has 0 unspecified atom stereocenters. The molecule has 0 fully saturated rings. The molecule has 70 valence electrons. The number of furan rings is 1. The first kappa shape index (κ1) is 7.68. The van der Waals surface area contributed by atoms with Crippen molar-refractivity contribution < 1.29 is 4.42 Å². The van der Waals surface area contributed by atoms with Gasteiger partial charge >= 0.3 is 0 Å². The van der Waals surface area contributed by atoms with Crippen LogP contribution in [0, 0.1) is 13.8 Å². The second-order valence-corrected chi connectivity index (χ2v) is 3.75. The molecule has 1 N–H and O–H groups in total. The van der Waals surface area contributed by atoms with Crippen molar-refractivity contribution in [2.75, 3.05) is 0 Å². The molecule has 0 radical (unpaired) electrons. The van der Waals surface area contributed by atoms with E-state index in [0.717, 1.165) is 11.3 Å². The van der Waals surface area contributed by atoms with E-state index >= 15 is 0 Å². The van der Waals surface area contributed by atoms with Crippen LogP contribution in [0.2, 0.25) is 0 Å². The quantitative estimate of drug-likeness (QED) is 0.570. The number of benzene rings is 1. The summed E-state index contributed by atoms with van der Waals surface area (Å²) in [6.07, 6.45) is 0. The van der Waals surface area contributed by atoms with E-state index in [0.29, 0.717) is 0 Å². The molecule has 0 bridgehead atoms. The molecular weight excluding hydrogens is 174 g/mol. The molecule has 3 aromatic rings. The van der Waals surface area contributed by atoms with Crippen molar-refractivity contribution in [2.24, 2.45) is 0 Å². The Kier molecular flexibility index (Phi) is 1.32. The van der Waals surface area contributed by atoms with Crippen molar-refractivity contribution in [2.45, 2.75) is 13.8 Å².